The Bertz CT molecular complexity index is 669. The van der Waals surface area contributed by atoms with E-state index in [-0.39, 0.29) is 11.5 Å². The van der Waals surface area contributed by atoms with Crippen molar-refractivity contribution >= 4 is 28.9 Å². The Labute approximate surface area is 136 Å². The molecule has 3 heteroatoms. The highest BCUT2D eigenvalue weighted by Crippen LogP contribution is 2.40. The monoisotopic (exact) mass is 319 g/mol. The Morgan fingerprint density at radius 2 is 1.71 bits per heavy atom. The van der Waals surface area contributed by atoms with Crippen LogP contribution in [-0.2, 0) is 11.8 Å². The molecule has 1 aliphatic rings. The predicted molar refractivity (Wildman–Crippen MR) is 91.7 cm³/mol. The number of fused-ring (bicyclic) bond motifs is 1. The summed E-state index contributed by atoms with van der Waals surface area (Å²) in [5.41, 5.74) is 5.03. The van der Waals surface area contributed by atoms with E-state index in [0.717, 1.165) is 22.7 Å². The second-order valence-corrected chi connectivity index (χ2v) is 7.53. The summed E-state index contributed by atoms with van der Waals surface area (Å²) in [5, 5.41) is 4.95. The van der Waals surface area contributed by atoms with E-state index in [4.69, 9.17) is 23.2 Å². The van der Waals surface area contributed by atoms with Crippen molar-refractivity contribution in [2.45, 2.75) is 38.6 Å². The Hall–Kier alpha value is -1.18. The number of anilines is 1. The Morgan fingerprint density at radius 3 is 2.33 bits per heavy atom. The summed E-state index contributed by atoms with van der Waals surface area (Å²) in [6.45, 7) is 6.69. The smallest absolute Gasteiger partial charge is 0.0555 e. The van der Waals surface area contributed by atoms with Gasteiger partial charge in [0.15, 0.2) is 0 Å². The molecule has 2 aromatic rings. The third-order valence-corrected chi connectivity index (χ3v) is 4.63. The van der Waals surface area contributed by atoms with Gasteiger partial charge in [0.1, 0.15) is 0 Å². The highest BCUT2D eigenvalue weighted by atomic mass is 35.5. The lowest BCUT2D eigenvalue weighted by atomic mass is 9.86. The molecule has 0 aliphatic carbocycles. The van der Waals surface area contributed by atoms with Crippen molar-refractivity contribution in [1.29, 1.82) is 0 Å². The lowest BCUT2D eigenvalue weighted by Gasteiger charge is -2.20. The average Bonchev–Trinajstić information content (AvgIpc) is 2.82. The molecule has 2 aromatic carbocycles. The molecule has 0 radical (unpaired) electrons. The summed E-state index contributed by atoms with van der Waals surface area (Å²) in [5.74, 6) is 0. The van der Waals surface area contributed by atoms with E-state index in [2.05, 4.69) is 50.4 Å². The van der Waals surface area contributed by atoms with Gasteiger partial charge in [-0.1, -0.05) is 68.2 Å². The minimum Gasteiger partial charge on any atom is -0.378 e. The number of halogens is 2. The third-order valence-electron chi connectivity index (χ3n) is 4.08. The molecule has 0 saturated heterocycles. The van der Waals surface area contributed by atoms with Crippen molar-refractivity contribution < 1.29 is 0 Å². The second-order valence-electron chi connectivity index (χ2n) is 6.69. The van der Waals surface area contributed by atoms with Gasteiger partial charge in [0.05, 0.1) is 6.04 Å². The molecule has 0 spiro atoms. The van der Waals surface area contributed by atoms with E-state index >= 15 is 0 Å². The van der Waals surface area contributed by atoms with Crippen molar-refractivity contribution in [3.63, 3.8) is 0 Å². The third kappa shape index (κ3) is 2.90. The lowest BCUT2D eigenvalue weighted by Crippen LogP contribution is -2.12. The normalized spacial score (nSPS) is 17.5. The minimum atomic E-state index is 0.182. The summed E-state index contributed by atoms with van der Waals surface area (Å²) < 4.78 is 0. The van der Waals surface area contributed by atoms with Crippen LogP contribution in [-0.4, -0.2) is 0 Å². The molecule has 1 N–H and O–H groups in total. The standard InChI is InChI=1S/C18H19Cl2N/c1-18(2,3)12-6-4-11(5-7-12)16-10-14-15(20)8-13(19)9-17(14)21-16/h4-9,16,21H,10H2,1-3H3. The molecule has 21 heavy (non-hydrogen) atoms. The van der Waals surface area contributed by atoms with E-state index in [0.29, 0.717) is 5.02 Å². The molecule has 1 heterocycles. The zero-order chi connectivity index (χ0) is 15.2. The van der Waals surface area contributed by atoms with Crippen LogP contribution in [0.15, 0.2) is 36.4 Å². The molecule has 1 atom stereocenters. The quantitative estimate of drug-likeness (QED) is 0.679. The van der Waals surface area contributed by atoms with Crippen molar-refractivity contribution in [3.8, 4) is 0 Å². The second kappa shape index (κ2) is 5.23. The van der Waals surface area contributed by atoms with Gasteiger partial charge in [0.25, 0.3) is 0 Å². The van der Waals surface area contributed by atoms with E-state index in [1.165, 1.54) is 11.1 Å². The molecule has 1 unspecified atom stereocenters. The molecule has 3 rings (SSSR count). The molecule has 0 bridgehead atoms. The van der Waals surface area contributed by atoms with Gasteiger partial charge < -0.3 is 5.32 Å². The van der Waals surface area contributed by atoms with Crippen LogP contribution < -0.4 is 5.32 Å². The largest absolute Gasteiger partial charge is 0.378 e. The van der Waals surface area contributed by atoms with Crippen molar-refractivity contribution in [2.24, 2.45) is 0 Å². The van der Waals surface area contributed by atoms with Gasteiger partial charge >= 0.3 is 0 Å². The molecule has 1 aliphatic heterocycles. The van der Waals surface area contributed by atoms with Gasteiger partial charge in [-0.25, -0.2) is 0 Å². The predicted octanol–water partition coefficient (Wildman–Crippen LogP) is 6.00. The zero-order valence-electron chi connectivity index (χ0n) is 12.5. The first-order chi connectivity index (χ1) is 9.84. The molecule has 0 amide bonds. The van der Waals surface area contributed by atoms with Crippen LogP contribution in [0.1, 0.15) is 43.5 Å². The maximum absolute atomic E-state index is 6.29. The molecule has 0 aromatic heterocycles. The Kier molecular flexibility index (Phi) is 3.67. The van der Waals surface area contributed by atoms with Gasteiger partial charge in [0, 0.05) is 22.2 Å². The summed E-state index contributed by atoms with van der Waals surface area (Å²) in [6, 6.07) is 12.9. The first-order valence-corrected chi connectivity index (χ1v) is 7.95. The van der Waals surface area contributed by atoms with Crippen molar-refractivity contribution in [3.05, 3.63) is 63.1 Å². The number of hydrogen-bond donors (Lipinski definition) is 1. The van der Waals surface area contributed by atoms with Crippen molar-refractivity contribution in [1.82, 2.24) is 0 Å². The molecular weight excluding hydrogens is 301 g/mol. The van der Waals surface area contributed by atoms with E-state index in [1.807, 2.05) is 12.1 Å². The fourth-order valence-corrected chi connectivity index (χ4v) is 3.37. The average molecular weight is 320 g/mol. The van der Waals surface area contributed by atoms with Crippen LogP contribution in [0.5, 0.6) is 0 Å². The Balaban J connectivity index is 1.86. The van der Waals surface area contributed by atoms with Crippen LogP contribution in [0, 0.1) is 0 Å². The van der Waals surface area contributed by atoms with E-state index in [1.54, 1.807) is 0 Å². The zero-order valence-corrected chi connectivity index (χ0v) is 14.0. The topological polar surface area (TPSA) is 12.0 Å². The van der Waals surface area contributed by atoms with Crippen LogP contribution in [0.2, 0.25) is 10.0 Å². The first kappa shape index (κ1) is 14.7. The van der Waals surface area contributed by atoms with Gasteiger partial charge in [0.2, 0.25) is 0 Å². The van der Waals surface area contributed by atoms with Crippen LogP contribution in [0.25, 0.3) is 0 Å². The molecule has 110 valence electrons. The summed E-state index contributed by atoms with van der Waals surface area (Å²) in [4.78, 5) is 0. The lowest BCUT2D eigenvalue weighted by molar-refractivity contribution is 0.589. The number of benzene rings is 2. The highest BCUT2D eigenvalue weighted by Gasteiger charge is 2.25. The fourth-order valence-electron chi connectivity index (χ4n) is 2.80. The highest BCUT2D eigenvalue weighted by molar-refractivity contribution is 6.35. The molecular formula is C18H19Cl2N. The SMILES string of the molecule is CC(C)(C)c1ccc(C2Cc3c(Cl)cc(Cl)cc3N2)cc1. The van der Waals surface area contributed by atoms with Crippen LogP contribution >= 0.6 is 23.2 Å². The first-order valence-electron chi connectivity index (χ1n) is 7.19. The maximum Gasteiger partial charge on any atom is 0.0555 e. The van der Waals surface area contributed by atoms with Crippen LogP contribution in [0.4, 0.5) is 5.69 Å². The number of hydrogen-bond acceptors (Lipinski definition) is 1. The summed E-state index contributed by atoms with van der Waals surface area (Å²) in [7, 11) is 0. The Morgan fingerprint density at radius 1 is 1.05 bits per heavy atom. The molecule has 0 fully saturated rings. The molecule has 1 nitrogen and oxygen atoms in total. The summed E-state index contributed by atoms with van der Waals surface area (Å²) in [6.07, 6.45) is 0.903. The maximum atomic E-state index is 6.29. The van der Waals surface area contributed by atoms with Crippen molar-refractivity contribution in [2.75, 3.05) is 5.32 Å². The van der Waals surface area contributed by atoms with Gasteiger partial charge in [-0.15, -0.1) is 0 Å². The van der Waals surface area contributed by atoms with Gasteiger partial charge in [-0.05, 0) is 34.2 Å². The van der Waals surface area contributed by atoms with E-state index < -0.39 is 0 Å². The fraction of sp³-hybridized carbons (Fsp3) is 0.333. The molecule has 0 saturated carbocycles. The van der Waals surface area contributed by atoms with Gasteiger partial charge in [-0.3, -0.25) is 0 Å². The summed E-state index contributed by atoms with van der Waals surface area (Å²) >= 11 is 12.4. The van der Waals surface area contributed by atoms with Crippen LogP contribution in [0.3, 0.4) is 0 Å². The minimum absolute atomic E-state index is 0.182. The van der Waals surface area contributed by atoms with E-state index in [9.17, 15) is 0 Å². The van der Waals surface area contributed by atoms with Gasteiger partial charge in [-0.2, -0.15) is 0 Å². The number of rotatable bonds is 1. The number of nitrogens with one attached hydrogen (secondary N) is 1.